The third-order valence-corrected chi connectivity index (χ3v) is 16.8. The predicted molar refractivity (Wildman–Crippen MR) is 151 cm³/mol. The molecule has 0 saturated heterocycles. The molecule has 0 aliphatic rings. The fourth-order valence-corrected chi connectivity index (χ4v) is 12.3. The van der Waals surface area contributed by atoms with Crippen molar-refractivity contribution in [3.8, 4) is 0 Å². The smallest absolute Gasteiger partial charge is 0.330 e. The highest BCUT2D eigenvalue weighted by molar-refractivity contribution is 6.99. The Balaban J connectivity index is 2.50. The summed E-state index contributed by atoms with van der Waals surface area (Å²) in [6, 6.07) is 24.6. The number of hydrogen-bond acceptors (Lipinski definition) is 4. The van der Waals surface area contributed by atoms with Crippen molar-refractivity contribution >= 4 is 33.0 Å². The van der Waals surface area contributed by atoms with Gasteiger partial charge in [0.1, 0.15) is 0 Å². The molecule has 0 saturated carbocycles. The van der Waals surface area contributed by atoms with Gasteiger partial charge in [-0.25, -0.2) is 4.79 Å². The molecule has 0 bridgehead atoms. The van der Waals surface area contributed by atoms with Gasteiger partial charge in [0.2, 0.25) is 0 Å². The zero-order valence-corrected chi connectivity index (χ0v) is 24.7. The van der Waals surface area contributed by atoms with Crippen LogP contribution in [-0.2, 0) is 18.4 Å². The second-order valence-corrected chi connectivity index (χ2v) is 19.1. The molecule has 0 fully saturated rings. The van der Waals surface area contributed by atoms with E-state index in [1.54, 1.807) is 0 Å². The minimum atomic E-state index is -2.67. The van der Waals surface area contributed by atoms with Crippen molar-refractivity contribution in [2.24, 2.45) is 0 Å². The van der Waals surface area contributed by atoms with E-state index in [1.165, 1.54) is 23.6 Å². The number of methoxy groups -OCH3 is 1. The number of ether oxygens (including phenoxy) is 1. The second-order valence-electron chi connectivity index (χ2n) is 10.1. The Morgan fingerprint density at radius 3 is 1.77 bits per heavy atom. The van der Waals surface area contributed by atoms with E-state index in [0.717, 1.165) is 18.1 Å². The molecule has 0 spiro atoms. The second kappa shape index (κ2) is 13.3. The lowest BCUT2D eigenvalue weighted by Crippen LogP contribution is -2.67. The van der Waals surface area contributed by atoms with Crippen LogP contribution in [0, 0.1) is 0 Å². The lowest BCUT2D eigenvalue weighted by Gasteiger charge is -2.44. The van der Waals surface area contributed by atoms with Gasteiger partial charge in [-0.1, -0.05) is 108 Å². The van der Waals surface area contributed by atoms with Crippen molar-refractivity contribution in [1.82, 2.24) is 0 Å². The lowest BCUT2D eigenvalue weighted by molar-refractivity contribution is -0.134. The van der Waals surface area contributed by atoms with E-state index in [2.05, 4.69) is 102 Å². The molecular formula is C29H44O4Si2. The highest BCUT2D eigenvalue weighted by atomic mass is 28.4. The van der Waals surface area contributed by atoms with Crippen LogP contribution in [-0.4, -0.2) is 42.4 Å². The van der Waals surface area contributed by atoms with Crippen LogP contribution in [0.5, 0.6) is 0 Å². The zero-order valence-electron chi connectivity index (χ0n) is 22.7. The third kappa shape index (κ3) is 7.26. The summed E-state index contributed by atoms with van der Waals surface area (Å²) in [5, 5.41) is 2.41. The molecule has 0 aromatic heterocycles. The van der Waals surface area contributed by atoms with Crippen LogP contribution < -0.4 is 10.4 Å². The van der Waals surface area contributed by atoms with Gasteiger partial charge in [-0.15, -0.1) is 0 Å². The predicted octanol–water partition coefficient (Wildman–Crippen LogP) is 6.07. The molecule has 2 rings (SSSR count). The first kappa shape index (κ1) is 29.2. The van der Waals surface area contributed by atoms with E-state index >= 15 is 0 Å². The maximum absolute atomic E-state index is 11.7. The summed E-state index contributed by atoms with van der Waals surface area (Å²) in [6.45, 7) is 14.1. The van der Waals surface area contributed by atoms with Gasteiger partial charge in [-0.05, 0) is 40.0 Å². The average Bonchev–Trinajstić information content (AvgIpc) is 2.87. The summed E-state index contributed by atoms with van der Waals surface area (Å²) in [4.78, 5) is 11.7. The number of esters is 1. The van der Waals surface area contributed by atoms with E-state index in [-0.39, 0.29) is 17.1 Å². The van der Waals surface area contributed by atoms with Gasteiger partial charge in [-0.3, -0.25) is 0 Å². The molecule has 192 valence electrons. The van der Waals surface area contributed by atoms with E-state index in [4.69, 9.17) is 13.6 Å². The van der Waals surface area contributed by atoms with Gasteiger partial charge in [0, 0.05) is 6.08 Å². The normalized spacial score (nSPS) is 13.7. The van der Waals surface area contributed by atoms with Gasteiger partial charge in [0.15, 0.2) is 8.32 Å². The Labute approximate surface area is 215 Å². The van der Waals surface area contributed by atoms with Crippen molar-refractivity contribution in [1.29, 1.82) is 0 Å². The van der Waals surface area contributed by atoms with E-state index < -0.39 is 16.6 Å². The largest absolute Gasteiger partial charge is 0.466 e. The Hall–Kier alpha value is -2.00. The van der Waals surface area contributed by atoms with Crippen LogP contribution >= 0.6 is 0 Å². The Kier molecular flexibility index (Phi) is 11.2. The quantitative estimate of drug-likeness (QED) is 0.186. The maximum atomic E-state index is 11.7. The monoisotopic (exact) mass is 512 g/mol. The van der Waals surface area contributed by atoms with E-state index in [9.17, 15) is 4.79 Å². The first-order chi connectivity index (χ1) is 16.7. The standard InChI is InChI=1S/C29H44O4Si2/c1-8-34(9-2,10-3)33-25(18-17-23-28(30)31-7)24-32-35(29(4,5)6,26-19-13-11-14-20-26)27-21-15-12-16-22-27/h11-17,19-23,25H,8-10,18,24H2,1-7H3/b23-17+/t25-/m0/s1. The average molecular weight is 513 g/mol. The fraction of sp³-hybridized carbons (Fsp3) is 0.483. The SMILES string of the molecule is CC[Si](CC)(CC)O[C@@H](C/C=C/C(=O)OC)CO[Si](c1ccccc1)(c1ccccc1)C(C)(C)C. The minimum absolute atomic E-state index is 0.100. The summed E-state index contributed by atoms with van der Waals surface area (Å²) in [7, 11) is -3.15. The van der Waals surface area contributed by atoms with E-state index in [1.807, 2.05) is 6.08 Å². The van der Waals surface area contributed by atoms with Crippen molar-refractivity contribution < 1.29 is 18.4 Å². The van der Waals surface area contributed by atoms with Gasteiger partial charge in [0.05, 0.1) is 19.8 Å². The first-order valence-electron chi connectivity index (χ1n) is 12.8. The summed E-state index contributed by atoms with van der Waals surface area (Å²) in [5.41, 5.74) is 0. The van der Waals surface area contributed by atoms with Crippen LogP contribution in [0.4, 0.5) is 0 Å². The van der Waals surface area contributed by atoms with Crippen LogP contribution in [0.3, 0.4) is 0 Å². The van der Waals surface area contributed by atoms with Crippen LogP contribution in [0.2, 0.25) is 23.2 Å². The molecule has 2 aromatic rings. The summed E-state index contributed by atoms with van der Waals surface area (Å²) < 4.78 is 18.9. The van der Waals surface area contributed by atoms with Crippen molar-refractivity contribution in [3.63, 3.8) is 0 Å². The Morgan fingerprint density at radius 2 is 1.37 bits per heavy atom. The molecule has 0 amide bonds. The maximum Gasteiger partial charge on any atom is 0.330 e. The van der Waals surface area contributed by atoms with Gasteiger partial charge in [-0.2, -0.15) is 0 Å². The highest BCUT2D eigenvalue weighted by Crippen LogP contribution is 2.37. The highest BCUT2D eigenvalue weighted by Gasteiger charge is 2.50. The fourth-order valence-electron chi connectivity index (χ4n) is 4.87. The first-order valence-corrected chi connectivity index (χ1v) is 17.3. The summed E-state index contributed by atoms with van der Waals surface area (Å²) in [6.07, 6.45) is 3.85. The van der Waals surface area contributed by atoms with Gasteiger partial charge in [0.25, 0.3) is 8.32 Å². The molecule has 0 unspecified atom stereocenters. The molecule has 1 atom stereocenters. The molecule has 2 aromatic carbocycles. The molecule has 0 heterocycles. The molecule has 0 aliphatic carbocycles. The molecule has 35 heavy (non-hydrogen) atoms. The number of benzene rings is 2. The van der Waals surface area contributed by atoms with E-state index in [0.29, 0.717) is 13.0 Å². The van der Waals surface area contributed by atoms with Crippen molar-refractivity contribution in [3.05, 3.63) is 72.8 Å². The minimum Gasteiger partial charge on any atom is -0.466 e. The van der Waals surface area contributed by atoms with Crippen molar-refractivity contribution in [2.75, 3.05) is 13.7 Å². The number of hydrogen-bond donors (Lipinski definition) is 0. The third-order valence-electron chi connectivity index (χ3n) is 7.11. The summed E-state index contributed by atoms with van der Waals surface area (Å²) in [5.74, 6) is -0.346. The molecule has 0 aliphatic heterocycles. The van der Waals surface area contributed by atoms with Crippen LogP contribution in [0.1, 0.15) is 48.0 Å². The Morgan fingerprint density at radius 1 is 0.886 bits per heavy atom. The molecular weight excluding hydrogens is 468 g/mol. The molecule has 0 N–H and O–H groups in total. The molecule has 6 heteroatoms. The topological polar surface area (TPSA) is 44.8 Å². The molecule has 4 nitrogen and oxygen atoms in total. The number of carbonyl (C=O) groups excluding carboxylic acids is 1. The Bertz CT molecular complexity index is 871. The van der Waals surface area contributed by atoms with Crippen LogP contribution in [0.25, 0.3) is 0 Å². The zero-order chi connectivity index (χ0) is 26.0. The van der Waals surface area contributed by atoms with Gasteiger partial charge >= 0.3 is 5.97 Å². The van der Waals surface area contributed by atoms with Crippen LogP contribution in [0.15, 0.2) is 72.8 Å². The molecule has 0 radical (unpaired) electrons. The van der Waals surface area contributed by atoms with Crippen molar-refractivity contribution in [2.45, 2.75) is 77.2 Å². The number of carbonyl (C=O) groups is 1. The number of rotatable bonds is 13. The summed E-state index contributed by atoms with van der Waals surface area (Å²) >= 11 is 0. The van der Waals surface area contributed by atoms with Gasteiger partial charge < -0.3 is 13.6 Å². The lowest BCUT2D eigenvalue weighted by atomic mass is 10.2.